The minimum absolute atomic E-state index is 0.220. The molecule has 1 aliphatic carbocycles. The Hall–Kier alpha value is 0.150. The van der Waals surface area contributed by atoms with Crippen molar-refractivity contribution in [3.8, 4) is 0 Å². The summed E-state index contributed by atoms with van der Waals surface area (Å²) in [6.07, 6.45) is 7.69. The maximum atomic E-state index is 11.2. The normalized spacial score (nSPS) is 23.3. The Labute approximate surface area is 86.4 Å². The molecule has 1 fully saturated rings. The first-order chi connectivity index (χ1) is 6.64. The Morgan fingerprint density at radius 3 is 2.57 bits per heavy atom. The fourth-order valence-electron chi connectivity index (χ4n) is 1.93. The zero-order valence-corrected chi connectivity index (χ0v) is 9.84. The molecule has 0 aromatic heterocycles. The first-order valence-corrected chi connectivity index (χ1v) is 7.36. The highest BCUT2D eigenvalue weighted by Crippen LogP contribution is 2.41. The molecule has 0 heterocycles. The molecule has 0 spiro atoms. The molecule has 1 atom stereocenters. The Morgan fingerprint density at radius 2 is 2.00 bits per heavy atom. The van der Waals surface area contributed by atoms with Gasteiger partial charge in [-0.2, -0.15) is 0 Å². The van der Waals surface area contributed by atoms with Crippen LogP contribution in [-0.4, -0.2) is 17.7 Å². The summed E-state index contributed by atoms with van der Waals surface area (Å²) >= 11 is 0. The van der Waals surface area contributed by atoms with E-state index >= 15 is 0 Å². The van der Waals surface area contributed by atoms with Crippen LogP contribution in [0.3, 0.4) is 0 Å². The van der Waals surface area contributed by atoms with Gasteiger partial charge in [0, 0.05) is 6.16 Å². The molecule has 0 aromatic rings. The van der Waals surface area contributed by atoms with Crippen LogP contribution < -0.4 is 0 Å². The van der Waals surface area contributed by atoms with Crippen molar-refractivity contribution >= 4 is 7.60 Å². The van der Waals surface area contributed by atoms with E-state index in [2.05, 4.69) is 0 Å². The predicted molar refractivity (Wildman–Crippen MR) is 57.5 cm³/mol. The van der Waals surface area contributed by atoms with Gasteiger partial charge in [0.25, 0.3) is 0 Å². The molecule has 0 aliphatic heterocycles. The van der Waals surface area contributed by atoms with E-state index in [1.807, 2.05) is 0 Å². The molecular formula is C10H21O3P. The number of rotatable bonds is 5. The Kier molecular flexibility index (Phi) is 5.14. The third-order valence-electron chi connectivity index (χ3n) is 2.94. The molecular weight excluding hydrogens is 199 g/mol. The van der Waals surface area contributed by atoms with Crippen molar-refractivity contribution < 1.29 is 14.0 Å². The average Bonchev–Trinajstić information content (AvgIpc) is 2.19. The molecule has 0 bridgehead atoms. The standard InChI is InChI=1S/C10H21O3P/c1-2-14(11,12)13-9-8-10-6-4-3-5-7-10/h10H,2-9H2,1H3,(H,11,12). The maximum absolute atomic E-state index is 11.2. The molecule has 1 saturated carbocycles. The van der Waals surface area contributed by atoms with Crippen LogP contribution in [0.15, 0.2) is 0 Å². The highest BCUT2D eigenvalue weighted by molar-refractivity contribution is 7.52. The zero-order valence-electron chi connectivity index (χ0n) is 8.95. The topological polar surface area (TPSA) is 46.5 Å². The van der Waals surface area contributed by atoms with E-state index < -0.39 is 7.60 Å². The smallest absolute Gasteiger partial charge is 0.324 e. The fourth-order valence-corrected chi connectivity index (χ4v) is 2.50. The summed E-state index contributed by atoms with van der Waals surface area (Å²) in [6, 6.07) is 0. The van der Waals surface area contributed by atoms with Crippen molar-refractivity contribution in [2.24, 2.45) is 5.92 Å². The van der Waals surface area contributed by atoms with Crippen LogP contribution in [0.4, 0.5) is 0 Å². The molecule has 3 nitrogen and oxygen atoms in total. The molecule has 1 unspecified atom stereocenters. The average molecular weight is 220 g/mol. The summed E-state index contributed by atoms with van der Waals surface area (Å²) in [7, 11) is -3.24. The fraction of sp³-hybridized carbons (Fsp3) is 1.00. The van der Waals surface area contributed by atoms with Gasteiger partial charge in [0.15, 0.2) is 0 Å². The molecule has 1 rings (SSSR count). The van der Waals surface area contributed by atoms with Gasteiger partial charge in [-0.15, -0.1) is 0 Å². The molecule has 14 heavy (non-hydrogen) atoms. The van der Waals surface area contributed by atoms with Gasteiger partial charge in [0.1, 0.15) is 0 Å². The largest absolute Gasteiger partial charge is 0.327 e. The second-order valence-corrected chi connectivity index (χ2v) is 6.25. The molecule has 0 aromatic carbocycles. The number of hydrogen-bond donors (Lipinski definition) is 1. The van der Waals surface area contributed by atoms with Gasteiger partial charge in [-0.05, 0) is 12.3 Å². The van der Waals surface area contributed by atoms with Crippen LogP contribution in [0.5, 0.6) is 0 Å². The van der Waals surface area contributed by atoms with Gasteiger partial charge < -0.3 is 9.42 Å². The lowest BCUT2D eigenvalue weighted by Gasteiger charge is -2.21. The van der Waals surface area contributed by atoms with Crippen LogP contribution in [0.25, 0.3) is 0 Å². The van der Waals surface area contributed by atoms with E-state index in [9.17, 15) is 9.46 Å². The van der Waals surface area contributed by atoms with Gasteiger partial charge >= 0.3 is 7.60 Å². The summed E-state index contributed by atoms with van der Waals surface area (Å²) < 4.78 is 16.2. The van der Waals surface area contributed by atoms with Gasteiger partial charge in [0.2, 0.25) is 0 Å². The highest BCUT2D eigenvalue weighted by Gasteiger charge is 2.18. The van der Waals surface area contributed by atoms with Gasteiger partial charge in [0.05, 0.1) is 6.61 Å². The summed E-state index contributed by atoms with van der Waals surface area (Å²) in [5, 5.41) is 0. The summed E-state index contributed by atoms with van der Waals surface area (Å²) in [4.78, 5) is 9.19. The first kappa shape index (κ1) is 12.2. The zero-order chi connectivity index (χ0) is 10.4. The van der Waals surface area contributed by atoms with Crippen LogP contribution in [0.1, 0.15) is 45.4 Å². The third kappa shape index (κ3) is 4.59. The van der Waals surface area contributed by atoms with Crippen molar-refractivity contribution in [1.29, 1.82) is 0 Å². The molecule has 84 valence electrons. The molecule has 1 aliphatic rings. The molecule has 0 saturated heterocycles. The van der Waals surface area contributed by atoms with Crippen LogP contribution in [-0.2, 0) is 9.09 Å². The van der Waals surface area contributed by atoms with E-state index in [4.69, 9.17) is 4.52 Å². The summed E-state index contributed by atoms with van der Waals surface area (Å²) in [5.41, 5.74) is 0. The third-order valence-corrected chi connectivity index (χ3v) is 4.33. The van der Waals surface area contributed by atoms with Crippen LogP contribution in [0.2, 0.25) is 0 Å². The molecule has 4 heteroatoms. The highest BCUT2D eigenvalue weighted by atomic mass is 31.2. The van der Waals surface area contributed by atoms with E-state index in [1.54, 1.807) is 6.92 Å². The van der Waals surface area contributed by atoms with Crippen molar-refractivity contribution in [3.05, 3.63) is 0 Å². The van der Waals surface area contributed by atoms with Gasteiger partial charge in [-0.3, -0.25) is 4.57 Å². The first-order valence-electron chi connectivity index (χ1n) is 5.60. The molecule has 0 radical (unpaired) electrons. The lowest BCUT2D eigenvalue weighted by Crippen LogP contribution is -2.09. The SMILES string of the molecule is CCP(=O)(O)OCCC1CCCCC1. The lowest BCUT2D eigenvalue weighted by atomic mass is 9.87. The Balaban J connectivity index is 2.11. The van der Waals surface area contributed by atoms with Crippen molar-refractivity contribution in [1.82, 2.24) is 0 Å². The lowest BCUT2D eigenvalue weighted by molar-refractivity contribution is 0.220. The minimum Gasteiger partial charge on any atom is -0.324 e. The van der Waals surface area contributed by atoms with Crippen LogP contribution >= 0.6 is 7.60 Å². The second-order valence-electron chi connectivity index (χ2n) is 4.08. The van der Waals surface area contributed by atoms with Crippen LogP contribution in [0, 0.1) is 5.92 Å². The number of hydrogen-bond acceptors (Lipinski definition) is 2. The van der Waals surface area contributed by atoms with Crippen molar-refractivity contribution in [3.63, 3.8) is 0 Å². The minimum atomic E-state index is -3.24. The van der Waals surface area contributed by atoms with Gasteiger partial charge in [-0.1, -0.05) is 39.0 Å². The molecule has 0 amide bonds. The monoisotopic (exact) mass is 220 g/mol. The quantitative estimate of drug-likeness (QED) is 0.724. The summed E-state index contributed by atoms with van der Waals surface area (Å²) in [5.74, 6) is 0.723. The Morgan fingerprint density at radius 1 is 1.36 bits per heavy atom. The van der Waals surface area contributed by atoms with E-state index in [1.165, 1.54) is 32.1 Å². The second kappa shape index (κ2) is 5.89. The van der Waals surface area contributed by atoms with Gasteiger partial charge in [-0.25, -0.2) is 0 Å². The summed E-state index contributed by atoms with van der Waals surface area (Å²) in [6.45, 7) is 2.13. The predicted octanol–water partition coefficient (Wildman–Crippen LogP) is 3.18. The van der Waals surface area contributed by atoms with E-state index in [-0.39, 0.29) is 6.16 Å². The Bertz CT molecular complexity index is 200. The van der Waals surface area contributed by atoms with E-state index in [0.29, 0.717) is 6.61 Å². The maximum Gasteiger partial charge on any atom is 0.327 e. The van der Waals surface area contributed by atoms with Crippen molar-refractivity contribution in [2.45, 2.75) is 45.4 Å². The van der Waals surface area contributed by atoms with Crippen molar-refractivity contribution in [2.75, 3.05) is 12.8 Å². The van der Waals surface area contributed by atoms with E-state index in [0.717, 1.165) is 12.3 Å². The molecule has 1 N–H and O–H groups in total.